The number of hydrogen-bond acceptors (Lipinski definition) is 6. The number of hydrogen-bond donors (Lipinski definition) is 2. The van der Waals surface area contributed by atoms with Crippen molar-refractivity contribution >= 4 is 17.6 Å². The minimum atomic E-state index is -0.559. The first kappa shape index (κ1) is 13.5. The molecule has 1 amide bonds. The van der Waals surface area contributed by atoms with E-state index in [1.54, 1.807) is 0 Å². The first-order valence-corrected chi connectivity index (χ1v) is 6.47. The van der Waals surface area contributed by atoms with Gasteiger partial charge in [-0.15, -0.1) is 0 Å². The number of carbonyl (C=O) groups is 1. The maximum atomic E-state index is 11.4. The van der Waals surface area contributed by atoms with Gasteiger partial charge in [-0.1, -0.05) is 19.4 Å². The highest BCUT2D eigenvalue weighted by atomic mass is 16.5. The van der Waals surface area contributed by atoms with E-state index in [1.807, 2.05) is 13.0 Å². The van der Waals surface area contributed by atoms with E-state index >= 15 is 0 Å². The molecule has 0 atom stereocenters. The van der Waals surface area contributed by atoms with E-state index in [4.69, 9.17) is 9.26 Å². The van der Waals surface area contributed by atoms with Gasteiger partial charge in [0.05, 0.1) is 6.61 Å². The number of nitrogens with zero attached hydrogens (tertiary/aromatic N) is 2. The lowest BCUT2D eigenvalue weighted by Gasteiger charge is -2.09. The quantitative estimate of drug-likeness (QED) is 0.790. The van der Waals surface area contributed by atoms with Crippen molar-refractivity contribution in [1.82, 2.24) is 15.5 Å². The van der Waals surface area contributed by atoms with Crippen LogP contribution in [0.2, 0.25) is 0 Å². The third-order valence-corrected chi connectivity index (χ3v) is 2.67. The SMILES string of the molecule is CCCCOC(=O)Nc1noc(C2=CCCNC2)n1. The second-order valence-electron chi connectivity index (χ2n) is 4.23. The predicted octanol–water partition coefficient (Wildman–Crippen LogP) is 1.79. The van der Waals surface area contributed by atoms with Crippen molar-refractivity contribution < 1.29 is 14.1 Å². The van der Waals surface area contributed by atoms with Crippen molar-refractivity contribution in [3.05, 3.63) is 12.0 Å². The van der Waals surface area contributed by atoms with Crippen molar-refractivity contribution in [2.45, 2.75) is 26.2 Å². The Kier molecular flexibility index (Phi) is 4.91. The van der Waals surface area contributed by atoms with Crippen molar-refractivity contribution in [3.63, 3.8) is 0 Å². The number of ether oxygens (including phenoxy) is 1. The molecule has 0 bridgehead atoms. The first-order chi connectivity index (χ1) is 9.29. The summed E-state index contributed by atoms with van der Waals surface area (Å²) in [5.74, 6) is 0.555. The Bertz CT molecular complexity index is 456. The molecule has 0 saturated carbocycles. The van der Waals surface area contributed by atoms with Crippen molar-refractivity contribution in [2.24, 2.45) is 0 Å². The lowest BCUT2D eigenvalue weighted by atomic mass is 10.1. The summed E-state index contributed by atoms with van der Waals surface area (Å²) in [5, 5.41) is 9.34. The van der Waals surface area contributed by atoms with Crippen LogP contribution in [0.15, 0.2) is 10.6 Å². The summed E-state index contributed by atoms with van der Waals surface area (Å²) in [7, 11) is 0. The average molecular weight is 266 g/mol. The molecular formula is C12H18N4O3. The molecule has 7 heteroatoms. The molecule has 1 aliphatic heterocycles. The summed E-state index contributed by atoms with van der Waals surface area (Å²) in [6, 6.07) is 0. The summed E-state index contributed by atoms with van der Waals surface area (Å²) in [6.45, 7) is 4.07. The largest absolute Gasteiger partial charge is 0.449 e. The smallest absolute Gasteiger partial charge is 0.414 e. The van der Waals surface area contributed by atoms with E-state index in [2.05, 4.69) is 20.8 Å². The Labute approximate surface area is 111 Å². The van der Waals surface area contributed by atoms with E-state index in [1.165, 1.54) is 0 Å². The monoisotopic (exact) mass is 266 g/mol. The molecule has 0 aromatic carbocycles. The van der Waals surface area contributed by atoms with Crippen LogP contribution in [0.5, 0.6) is 0 Å². The Morgan fingerprint density at radius 1 is 1.63 bits per heavy atom. The molecule has 1 aromatic rings. The van der Waals surface area contributed by atoms with Gasteiger partial charge in [-0.2, -0.15) is 4.98 Å². The zero-order chi connectivity index (χ0) is 13.5. The molecule has 19 heavy (non-hydrogen) atoms. The van der Waals surface area contributed by atoms with E-state index < -0.39 is 6.09 Å². The van der Waals surface area contributed by atoms with Gasteiger partial charge in [0, 0.05) is 12.1 Å². The minimum Gasteiger partial charge on any atom is -0.449 e. The number of nitrogens with one attached hydrogen (secondary N) is 2. The molecule has 104 valence electrons. The fourth-order valence-electron chi connectivity index (χ4n) is 1.65. The second-order valence-corrected chi connectivity index (χ2v) is 4.23. The third-order valence-electron chi connectivity index (χ3n) is 2.67. The van der Waals surface area contributed by atoms with Crippen LogP contribution in [-0.4, -0.2) is 35.9 Å². The van der Waals surface area contributed by atoms with Gasteiger partial charge in [-0.25, -0.2) is 4.79 Å². The zero-order valence-corrected chi connectivity index (χ0v) is 10.9. The number of amides is 1. The van der Waals surface area contributed by atoms with Gasteiger partial charge in [0.1, 0.15) is 0 Å². The lowest BCUT2D eigenvalue weighted by Crippen LogP contribution is -2.21. The van der Waals surface area contributed by atoms with Gasteiger partial charge in [-0.05, 0) is 24.5 Å². The molecule has 7 nitrogen and oxygen atoms in total. The Morgan fingerprint density at radius 3 is 3.26 bits per heavy atom. The third kappa shape index (κ3) is 4.06. The van der Waals surface area contributed by atoms with Crippen LogP contribution in [0.4, 0.5) is 10.7 Å². The molecule has 0 aliphatic carbocycles. The summed E-state index contributed by atoms with van der Waals surface area (Å²) in [4.78, 5) is 15.5. The Balaban J connectivity index is 1.86. The summed E-state index contributed by atoms with van der Waals surface area (Å²) < 4.78 is 10.0. The van der Waals surface area contributed by atoms with E-state index in [9.17, 15) is 4.79 Å². The molecule has 2 N–H and O–H groups in total. The second kappa shape index (κ2) is 6.89. The maximum absolute atomic E-state index is 11.4. The van der Waals surface area contributed by atoms with E-state index in [0.29, 0.717) is 19.0 Å². The topological polar surface area (TPSA) is 89.3 Å². The fraction of sp³-hybridized carbons (Fsp3) is 0.583. The van der Waals surface area contributed by atoms with Gasteiger partial charge in [0.15, 0.2) is 0 Å². The maximum Gasteiger partial charge on any atom is 0.414 e. The average Bonchev–Trinajstić information content (AvgIpc) is 2.88. The first-order valence-electron chi connectivity index (χ1n) is 6.47. The molecule has 1 aromatic heterocycles. The molecule has 1 aliphatic rings. The van der Waals surface area contributed by atoms with Gasteiger partial charge in [-0.3, -0.25) is 5.32 Å². The predicted molar refractivity (Wildman–Crippen MR) is 69.6 cm³/mol. The highest BCUT2D eigenvalue weighted by molar-refractivity contribution is 5.82. The number of aromatic nitrogens is 2. The van der Waals surface area contributed by atoms with Crippen molar-refractivity contribution in [1.29, 1.82) is 0 Å². The molecule has 0 spiro atoms. The van der Waals surface area contributed by atoms with Gasteiger partial charge in [0.25, 0.3) is 11.8 Å². The van der Waals surface area contributed by atoms with Gasteiger partial charge >= 0.3 is 6.09 Å². The van der Waals surface area contributed by atoms with Crippen LogP contribution in [0.1, 0.15) is 32.1 Å². The minimum absolute atomic E-state index is 0.128. The molecule has 0 unspecified atom stereocenters. The molecule has 2 heterocycles. The molecule has 2 rings (SSSR count). The zero-order valence-electron chi connectivity index (χ0n) is 10.9. The van der Waals surface area contributed by atoms with Crippen LogP contribution in [-0.2, 0) is 4.74 Å². The normalized spacial score (nSPS) is 14.9. The Hall–Kier alpha value is -1.89. The van der Waals surface area contributed by atoms with Crippen LogP contribution >= 0.6 is 0 Å². The Morgan fingerprint density at radius 2 is 2.53 bits per heavy atom. The van der Waals surface area contributed by atoms with Crippen LogP contribution < -0.4 is 10.6 Å². The van der Waals surface area contributed by atoms with Gasteiger partial charge < -0.3 is 14.6 Å². The number of anilines is 1. The fourth-order valence-corrected chi connectivity index (χ4v) is 1.65. The van der Waals surface area contributed by atoms with Crippen molar-refractivity contribution in [2.75, 3.05) is 25.0 Å². The summed E-state index contributed by atoms with van der Waals surface area (Å²) in [5.41, 5.74) is 0.950. The van der Waals surface area contributed by atoms with Gasteiger partial charge in [0.2, 0.25) is 0 Å². The molecule has 0 fully saturated rings. The molecule has 0 saturated heterocycles. The highest BCUT2D eigenvalue weighted by Crippen LogP contribution is 2.16. The van der Waals surface area contributed by atoms with E-state index in [0.717, 1.165) is 31.4 Å². The number of rotatable bonds is 5. The molecule has 0 radical (unpaired) electrons. The summed E-state index contributed by atoms with van der Waals surface area (Å²) >= 11 is 0. The summed E-state index contributed by atoms with van der Waals surface area (Å²) in [6.07, 6.45) is 4.23. The van der Waals surface area contributed by atoms with Crippen LogP contribution in [0.3, 0.4) is 0 Å². The van der Waals surface area contributed by atoms with E-state index in [-0.39, 0.29) is 5.95 Å². The standard InChI is InChI=1S/C12H18N4O3/c1-2-3-7-18-12(17)15-11-14-10(19-16-11)9-5-4-6-13-8-9/h5,13H,2-4,6-8H2,1H3,(H,15,16,17). The van der Waals surface area contributed by atoms with Crippen LogP contribution in [0, 0.1) is 0 Å². The lowest BCUT2D eigenvalue weighted by molar-refractivity contribution is 0.159. The highest BCUT2D eigenvalue weighted by Gasteiger charge is 2.15. The van der Waals surface area contributed by atoms with Crippen molar-refractivity contribution in [3.8, 4) is 0 Å². The number of carbonyl (C=O) groups excluding carboxylic acids is 1. The van der Waals surface area contributed by atoms with Crippen LogP contribution in [0.25, 0.3) is 5.57 Å². The number of unbranched alkanes of at least 4 members (excludes halogenated alkanes) is 1. The molecular weight excluding hydrogens is 248 g/mol.